The number of hydrogen-bond acceptors (Lipinski definition) is 2. The van der Waals surface area contributed by atoms with E-state index in [1.807, 2.05) is 6.20 Å². The Morgan fingerprint density at radius 2 is 2.24 bits per heavy atom. The summed E-state index contributed by atoms with van der Waals surface area (Å²) in [5, 5.41) is 12.1. The molecule has 0 radical (unpaired) electrons. The number of rotatable bonds is 1. The van der Waals surface area contributed by atoms with E-state index in [2.05, 4.69) is 41.5 Å². The van der Waals surface area contributed by atoms with E-state index >= 15 is 0 Å². The van der Waals surface area contributed by atoms with E-state index in [4.69, 9.17) is 0 Å². The number of hydrogen-bond donors (Lipinski definition) is 2. The van der Waals surface area contributed by atoms with Crippen molar-refractivity contribution in [3.63, 3.8) is 0 Å². The van der Waals surface area contributed by atoms with Crippen molar-refractivity contribution >= 4 is 10.9 Å². The van der Waals surface area contributed by atoms with Gasteiger partial charge in [-0.3, -0.25) is 5.10 Å². The topological polar surface area (TPSA) is 40.7 Å². The molecule has 1 aliphatic heterocycles. The van der Waals surface area contributed by atoms with Gasteiger partial charge in [-0.05, 0) is 56.3 Å². The van der Waals surface area contributed by atoms with Gasteiger partial charge < -0.3 is 5.32 Å². The molecule has 3 nitrogen and oxygen atoms in total. The van der Waals surface area contributed by atoms with Crippen molar-refractivity contribution in [1.29, 1.82) is 0 Å². The molecule has 0 amide bonds. The number of fused-ring (bicyclic) bond motifs is 1. The van der Waals surface area contributed by atoms with Crippen LogP contribution in [0.4, 0.5) is 0 Å². The Hall–Kier alpha value is -1.35. The number of aryl methyl sites for hydroxylation is 1. The molecule has 17 heavy (non-hydrogen) atoms. The molecule has 90 valence electrons. The molecular weight excluding hydrogens is 210 g/mol. The van der Waals surface area contributed by atoms with Gasteiger partial charge in [-0.2, -0.15) is 5.10 Å². The van der Waals surface area contributed by atoms with Gasteiger partial charge in [0, 0.05) is 11.4 Å². The number of piperidine rings is 1. The summed E-state index contributed by atoms with van der Waals surface area (Å²) < 4.78 is 0. The number of benzene rings is 1. The molecule has 1 fully saturated rings. The summed E-state index contributed by atoms with van der Waals surface area (Å²) in [6.07, 6.45) is 4.44. The zero-order valence-electron chi connectivity index (χ0n) is 10.5. The Labute approximate surface area is 102 Å². The molecule has 3 rings (SSSR count). The summed E-state index contributed by atoms with van der Waals surface area (Å²) in [7, 11) is 0. The zero-order chi connectivity index (χ0) is 11.8. The first kappa shape index (κ1) is 10.8. The van der Waals surface area contributed by atoms with Gasteiger partial charge in [-0.15, -0.1) is 0 Å². The fourth-order valence-corrected chi connectivity index (χ4v) is 3.08. The van der Waals surface area contributed by atoms with Gasteiger partial charge >= 0.3 is 0 Å². The van der Waals surface area contributed by atoms with Crippen LogP contribution in [0.25, 0.3) is 10.9 Å². The number of aromatic amines is 1. The Bertz CT molecular complexity index is 529. The third-order valence-corrected chi connectivity index (χ3v) is 3.92. The number of nitrogens with zero attached hydrogens (tertiary/aromatic N) is 1. The first-order chi connectivity index (χ1) is 8.25. The Balaban J connectivity index is 2.08. The van der Waals surface area contributed by atoms with Crippen LogP contribution < -0.4 is 5.32 Å². The fraction of sp³-hybridized carbons (Fsp3) is 0.500. The van der Waals surface area contributed by atoms with Crippen molar-refractivity contribution < 1.29 is 0 Å². The number of aromatic nitrogens is 2. The molecule has 2 atom stereocenters. The van der Waals surface area contributed by atoms with Gasteiger partial charge in [0.25, 0.3) is 0 Å². The van der Waals surface area contributed by atoms with Crippen molar-refractivity contribution in [1.82, 2.24) is 15.5 Å². The lowest BCUT2D eigenvalue weighted by Gasteiger charge is -2.29. The maximum absolute atomic E-state index is 4.18. The lowest BCUT2D eigenvalue weighted by Crippen LogP contribution is -2.35. The standard InChI is InChI=1S/C14H19N3/c1-9-3-4-13-12(8-16-17-13)14(9)11-5-6-15-10(2)7-11/h3-4,8,10-11,15H,5-7H2,1-2H3,(H,16,17). The van der Waals surface area contributed by atoms with E-state index in [0.717, 1.165) is 12.1 Å². The van der Waals surface area contributed by atoms with Gasteiger partial charge in [0.05, 0.1) is 11.7 Å². The molecule has 1 saturated heterocycles. The Morgan fingerprint density at radius 3 is 3.06 bits per heavy atom. The van der Waals surface area contributed by atoms with Crippen molar-refractivity contribution in [2.24, 2.45) is 0 Å². The van der Waals surface area contributed by atoms with Crippen LogP contribution in [0.2, 0.25) is 0 Å². The molecule has 0 aliphatic carbocycles. The zero-order valence-corrected chi connectivity index (χ0v) is 10.5. The highest BCUT2D eigenvalue weighted by atomic mass is 15.1. The largest absolute Gasteiger partial charge is 0.314 e. The van der Waals surface area contributed by atoms with Crippen LogP contribution in [0.1, 0.15) is 36.8 Å². The van der Waals surface area contributed by atoms with Crippen LogP contribution in [-0.4, -0.2) is 22.8 Å². The lowest BCUT2D eigenvalue weighted by atomic mass is 9.83. The first-order valence-electron chi connectivity index (χ1n) is 6.41. The summed E-state index contributed by atoms with van der Waals surface area (Å²) >= 11 is 0. The maximum Gasteiger partial charge on any atom is 0.0653 e. The van der Waals surface area contributed by atoms with Crippen LogP contribution in [0.3, 0.4) is 0 Å². The minimum atomic E-state index is 0.621. The van der Waals surface area contributed by atoms with E-state index in [-0.39, 0.29) is 0 Å². The summed E-state index contributed by atoms with van der Waals surface area (Å²) in [5.41, 5.74) is 4.07. The highest BCUT2D eigenvalue weighted by Gasteiger charge is 2.23. The van der Waals surface area contributed by atoms with E-state index in [1.54, 1.807) is 0 Å². The highest BCUT2D eigenvalue weighted by molar-refractivity contribution is 5.83. The Kier molecular flexibility index (Phi) is 2.63. The number of nitrogens with one attached hydrogen (secondary N) is 2. The molecule has 0 bridgehead atoms. The summed E-state index contributed by atoms with van der Waals surface area (Å²) in [5.74, 6) is 0.674. The molecule has 2 heterocycles. The monoisotopic (exact) mass is 229 g/mol. The summed E-state index contributed by atoms with van der Waals surface area (Å²) in [4.78, 5) is 0. The van der Waals surface area contributed by atoms with Crippen LogP contribution >= 0.6 is 0 Å². The predicted octanol–water partition coefficient (Wildman–Crippen LogP) is 2.73. The second-order valence-corrected chi connectivity index (χ2v) is 5.20. The predicted molar refractivity (Wildman–Crippen MR) is 70.3 cm³/mol. The van der Waals surface area contributed by atoms with Gasteiger partial charge in [0.1, 0.15) is 0 Å². The van der Waals surface area contributed by atoms with E-state index in [9.17, 15) is 0 Å². The average Bonchev–Trinajstić information content (AvgIpc) is 2.76. The van der Waals surface area contributed by atoms with Gasteiger partial charge in [0.2, 0.25) is 0 Å². The van der Waals surface area contributed by atoms with Crippen LogP contribution in [0, 0.1) is 6.92 Å². The molecule has 0 saturated carbocycles. The molecule has 3 heteroatoms. The lowest BCUT2D eigenvalue weighted by molar-refractivity contribution is 0.382. The molecule has 2 aromatic rings. The Morgan fingerprint density at radius 1 is 1.35 bits per heavy atom. The third-order valence-electron chi connectivity index (χ3n) is 3.92. The molecule has 1 aromatic heterocycles. The van der Waals surface area contributed by atoms with Gasteiger partial charge in [-0.25, -0.2) is 0 Å². The van der Waals surface area contributed by atoms with E-state index < -0.39 is 0 Å². The normalized spacial score (nSPS) is 25.3. The SMILES string of the molecule is Cc1ccc2[nH]ncc2c1C1CCNC(C)C1. The van der Waals surface area contributed by atoms with Crippen molar-refractivity contribution in [3.8, 4) is 0 Å². The summed E-state index contributed by atoms with van der Waals surface area (Å²) in [6, 6.07) is 4.96. The average molecular weight is 229 g/mol. The van der Waals surface area contributed by atoms with Crippen molar-refractivity contribution in [2.45, 2.75) is 38.6 Å². The van der Waals surface area contributed by atoms with Gasteiger partial charge in [0.15, 0.2) is 0 Å². The quantitative estimate of drug-likeness (QED) is 0.789. The van der Waals surface area contributed by atoms with Crippen LogP contribution in [0.5, 0.6) is 0 Å². The minimum Gasteiger partial charge on any atom is -0.314 e. The molecule has 0 spiro atoms. The third kappa shape index (κ3) is 1.84. The smallest absolute Gasteiger partial charge is 0.0653 e. The molecule has 2 N–H and O–H groups in total. The second kappa shape index (κ2) is 4.15. The van der Waals surface area contributed by atoms with E-state index in [0.29, 0.717) is 12.0 Å². The molecule has 1 aliphatic rings. The maximum atomic E-state index is 4.18. The molecular formula is C14H19N3. The van der Waals surface area contributed by atoms with Crippen molar-refractivity contribution in [2.75, 3.05) is 6.54 Å². The first-order valence-corrected chi connectivity index (χ1v) is 6.41. The molecule has 1 aromatic carbocycles. The highest BCUT2D eigenvalue weighted by Crippen LogP contribution is 2.34. The molecule has 2 unspecified atom stereocenters. The number of H-pyrrole nitrogens is 1. The van der Waals surface area contributed by atoms with Crippen LogP contribution in [0.15, 0.2) is 18.3 Å². The fourth-order valence-electron chi connectivity index (χ4n) is 3.08. The summed E-state index contributed by atoms with van der Waals surface area (Å²) in [6.45, 7) is 5.62. The minimum absolute atomic E-state index is 0.621. The van der Waals surface area contributed by atoms with Crippen LogP contribution in [-0.2, 0) is 0 Å². The van der Waals surface area contributed by atoms with Gasteiger partial charge in [-0.1, -0.05) is 6.07 Å². The van der Waals surface area contributed by atoms with E-state index in [1.165, 1.54) is 29.4 Å². The second-order valence-electron chi connectivity index (χ2n) is 5.20. The van der Waals surface area contributed by atoms with Crippen molar-refractivity contribution in [3.05, 3.63) is 29.5 Å².